The molecule has 1 amide bonds. The Hall–Kier alpha value is -1.50. The molecule has 0 aromatic rings. The van der Waals surface area contributed by atoms with Gasteiger partial charge in [0.2, 0.25) is 5.91 Å². The van der Waals surface area contributed by atoms with Gasteiger partial charge in [-0.3, -0.25) is 4.79 Å². The zero-order valence-electron chi connectivity index (χ0n) is 13.8. The molecule has 124 valence electrons. The summed E-state index contributed by atoms with van der Waals surface area (Å²) in [4.78, 5) is 16.2. The van der Waals surface area contributed by atoms with E-state index in [-0.39, 0.29) is 18.3 Å². The standard InChI is InChI=1S/C13H20N2O.C6H4.ClH/c1-3-13(7-10-14(2)12(13)16)11-15-8-5-4-6-9-15;1-2-5-4-6(5)3-1;/h1H,4-11H2,2H3;1-4H;1H. The minimum atomic E-state index is -0.536. The number of halogens is 1. The summed E-state index contributed by atoms with van der Waals surface area (Å²) in [5, 5.41) is 0. The third-order valence-corrected chi connectivity index (χ3v) is 4.96. The van der Waals surface area contributed by atoms with Crippen molar-refractivity contribution in [2.24, 2.45) is 5.41 Å². The number of carbonyl (C=O) groups excluding carboxylic acids is 1. The van der Waals surface area contributed by atoms with Gasteiger partial charge in [-0.05, 0) is 49.5 Å². The first-order valence-electron chi connectivity index (χ1n) is 8.21. The lowest BCUT2D eigenvalue weighted by Gasteiger charge is -2.32. The van der Waals surface area contributed by atoms with Crippen LogP contribution in [0.15, 0.2) is 24.3 Å². The van der Waals surface area contributed by atoms with Crippen LogP contribution in [-0.4, -0.2) is 48.9 Å². The number of hydrogen-bond acceptors (Lipinski definition) is 2. The highest BCUT2D eigenvalue weighted by Gasteiger charge is 2.45. The highest BCUT2D eigenvalue weighted by Crippen LogP contribution is 2.33. The molecule has 0 N–H and O–H groups in total. The van der Waals surface area contributed by atoms with Crippen LogP contribution in [0.1, 0.15) is 25.7 Å². The molecule has 1 atom stereocenters. The maximum atomic E-state index is 12.1. The van der Waals surface area contributed by atoms with E-state index < -0.39 is 5.41 Å². The number of likely N-dealkylation sites (tertiary alicyclic amines) is 2. The van der Waals surface area contributed by atoms with Gasteiger partial charge in [0.25, 0.3) is 0 Å². The number of amides is 1. The fourth-order valence-electron chi connectivity index (χ4n) is 3.43. The van der Waals surface area contributed by atoms with Crippen LogP contribution in [-0.2, 0) is 4.79 Å². The third-order valence-electron chi connectivity index (χ3n) is 4.96. The van der Waals surface area contributed by atoms with E-state index in [4.69, 9.17) is 6.42 Å². The zero-order chi connectivity index (χ0) is 15.6. The van der Waals surface area contributed by atoms with E-state index in [0.29, 0.717) is 0 Å². The molecule has 0 radical (unpaired) electrons. The maximum absolute atomic E-state index is 12.1. The van der Waals surface area contributed by atoms with Gasteiger partial charge in [0, 0.05) is 20.1 Å². The summed E-state index contributed by atoms with van der Waals surface area (Å²) >= 11 is 0. The van der Waals surface area contributed by atoms with E-state index in [2.05, 4.69) is 35.1 Å². The first-order chi connectivity index (χ1) is 10.6. The monoisotopic (exact) mass is 332 g/mol. The number of fused-ring (bicyclic) bond motifs is 1. The van der Waals surface area contributed by atoms with Crippen molar-refractivity contribution in [1.29, 1.82) is 0 Å². The lowest BCUT2D eigenvalue weighted by molar-refractivity contribution is -0.133. The molecule has 2 aliphatic carbocycles. The van der Waals surface area contributed by atoms with Crippen LogP contribution >= 0.6 is 12.4 Å². The van der Waals surface area contributed by atoms with Crippen molar-refractivity contribution >= 4 is 18.3 Å². The first-order valence-corrected chi connectivity index (χ1v) is 8.21. The fourth-order valence-corrected chi connectivity index (χ4v) is 3.43. The van der Waals surface area contributed by atoms with Crippen molar-refractivity contribution in [1.82, 2.24) is 9.80 Å². The Balaban J connectivity index is 0.000000227. The topological polar surface area (TPSA) is 23.6 Å². The van der Waals surface area contributed by atoms with Gasteiger partial charge in [0.15, 0.2) is 0 Å². The van der Waals surface area contributed by atoms with Gasteiger partial charge in [-0.25, -0.2) is 0 Å². The fraction of sp³-hybridized carbons (Fsp3) is 0.526. The zero-order valence-corrected chi connectivity index (χ0v) is 14.6. The van der Waals surface area contributed by atoms with Crippen LogP contribution < -0.4 is 0 Å². The molecular formula is C19H25ClN2O. The van der Waals surface area contributed by atoms with E-state index >= 15 is 0 Å². The summed E-state index contributed by atoms with van der Waals surface area (Å²) < 4.78 is 0. The molecule has 2 aliphatic heterocycles. The second kappa shape index (κ2) is 7.38. The predicted molar refractivity (Wildman–Crippen MR) is 96.5 cm³/mol. The van der Waals surface area contributed by atoms with Crippen molar-refractivity contribution in [2.45, 2.75) is 25.7 Å². The Morgan fingerprint density at radius 1 is 1.17 bits per heavy atom. The number of rotatable bonds is 2. The molecule has 0 saturated carbocycles. The smallest absolute Gasteiger partial charge is 0.241 e. The Labute approximate surface area is 145 Å². The average molecular weight is 333 g/mol. The highest BCUT2D eigenvalue weighted by molar-refractivity contribution is 5.88. The summed E-state index contributed by atoms with van der Waals surface area (Å²) in [7, 11) is 1.84. The minimum Gasteiger partial charge on any atom is -0.344 e. The molecule has 4 rings (SSSR count). The summed E-state index contributed by atoms with van der Waals surface area (Å²) in [5.41, 5.74) is 2.32. The van der Waals surface area contributed by atoms with Gasteiger partial charge >= 0.3 is 0 Å². The molecule has 23 heavy (non-hydrogen) atoms. The molecule has 2 saturated heterocycles. The number of terminal acetylenes is 1. The normalized spacial score (nSPS) is 25.0. The minimum absolute atomic E-state index is 0. The van der Waals surface area contributed by atoms with Crippen molar-refractivity contribution in [3.8, 4) is 23.5 Å². The molecule has 0 bridgehead atoms. The van der Waals surface area contributed by atoms with Crippen LogP contribution in [0.2, 0.25) is 0 Å². The number of benzene rings is 1. The molecule has 3 nitrogen and oxygen atoms in total. The highest BCUT2D eigenvalue weighted by atomic mass is 35.5. The van der Waals surface area contributed by atoms with E-state index in [1.807, 2.05) is 7.05 Å². The molecule has 0 aromatic carbocycles. The molecule has 4 aliphatic rings. The summed E-state index contributed by atoms with van der Waals surface area (Å²) in [6.45, 7) is 3.75. The van der Waals surface area contributed by atoms with E-state index in [1.54, 1.807) is 4.90 Å². The van der Waals surface area contributed by atoms with E-state index in [9.17, 15) is 4.79 Å². The van der Waals surface area contributed by atoms with E-state index in [1.165, 1.54) is 30.4 Å². The maximum Gasteiger partial charge on any atom is 0.241 e. The second-order valence-corrected chi connectivity index (χ2v) is 6.62. The van der Waals surface area contributed by atoms with Crippen molar-refractivity contribution in [2.75, 3.05) is 33.2 Å². The van der Waals surface area contributed by atoms with Gasteiger partial charge in [-0.15, -0.1) is 18.8 Å². The summed E-state index contributed by atoms with van der Waals surface area (Å²) in [6, 6.07) is 8.48. The van der Waals surface area contributed by atoms with Gasteiger partial charge in [-0.1, -0.05) is 30.5 Å². The van der Waals surface area contributed by atoms with Crippen LogP contribution in [0.25, 0.3) is 11.1 Å². The largest absolute Gasteiger partial charge is 0.344 e. The first kappa shape index (κ1) is 17.8. The molecule has 2 fully saturated rings. The Morgan fingerprint density at radius 2 is 1.83 bits per heavy atom. The van der Waals surface area contributed by atoms with E-state index in [0.717, 1.165) is 32.6 Å². The van der Waals surface area contributed by atoms with Crippen molar-refractivity contribution in [3.63, 3.8) is 0 Å². The second-order valence-electron chi connectivity index (χ2n) is 6.62. The number of carbonyl (C=O) groups is 1. The molecule has 0 spiro atoms. The lowest BCUT2D eigenvalue weighted by atomic mass is 9.86. The number of nitrogens with zero attached hydrogens (tertiary/aromatic N) is 2. The van der Waals surface area contributed by atoms with Crippen LogP contribution in [0.4, 0.5) is 0 Å². The molecule has 1 unspecified atom stereocenters. The average Bonchev–Trinajstić information content (AvgIpc) is 3.06. The van der Waals surface area contributed by atoms with Gasteiger partial charge in [0.1, 0.15) is 5.41 Å². The van der Waals surface area contributed by atoms with Gasteiger partial charge < -0.3 is 9.80 Å². The van der Waals surface area contributed by atoms with Crippen LogP contribution in [0, 0.1) is 17.8 Å². The Kier molecular flexibility index (Phi) is 5.73. The quantitative estimate of drug-likeness (QED) is 0.789. The molecule has 4 heteroatoms. The SMILES string of the molecule is C#CC1(CN2CCCCC2)CCN(C)C1=O.Cl.c1cc2cc-2c1. The Bertz CT molecular complexity index is 586. The van der Waals surface area contributed by atoms with Crippen LogP contribution in [0.3, 0.4) is 0 Å². The third kappa shape index (κ3) is 3.88. The van der Waals surface area contributed by atoms with Gasteiger partial charge in [-0.2, -0.15) is 0 Å². The van der Waals surface area contributed by atoms with Crippen molar-refractivity contribution < 1.29 is 4.79 Å². The number of piperidine rings is 1. The predicted octanol–water partition coefficient (Wildman–Crippen LogP) is 3.04. The Morgan fingerprint density at radius 3 is 2.22 bits per heavy atom. The van der Waals surface area contributed by atoms with Gasteiger partial charge in [0.05, 0.1) is 0 Å². The number of hydrogen-bond donors (Lipinski definition) is 0. The lowest BCUT2D eigenvalue weighted by Crippen LogP contribution is -2.44. The molecule has 2 heterocycles. The van der Waals surface area contributed by atoms with Crippen molar-refractivity contribution in [3.05, 3.63) is 24.3 Å². The molecular weight excluding hydrogens is 308 g/mol. The summed E-state index contributed by atoms with van der Waals surface area (Å²) in [5.74, 6) is 2.91. The molecule has 0 aromatic heterocycles. The summed E-state index contributed by atoms with van der Waals surface area (Å²) in [6.07, 6.45) is 10.2. The van der Waals surface area contributed by atoms with Crippen LogP contribution in [0.5, 0.6) is 0 Å².